The van der Waals surface area contributed by atoms with Crippen LogP contribution in [0.15, 0.2) is 36.4 Å². The lowest BCUT2D eigenvalue weighted by Gasteiger charge is -2.21. The standard InChI is InChI=1S/C18H18O5/c1-20-13-5-3-12(4-6-13)11-23-16-8-7-14-15(19)9-10-22-17(14)18(16)21-2/h3-8H,9-11H2,1-2H3. The molecule has 23 heavy (non-hydrogen) atoms. The molecule has 0 aliphatic carbocycles. The van der Waals surface area contributed by atoms with Crippen molar-refractivity contribution in [3.63, 3.8) is 0 Å². The molecule has 0 unspecified atom stereocenters. The fourth-order valence-corrected chi connectivity index (χ4v) is 2.48. The van der Waals surface area contributed by atoms with Gasteiger partial charge in [0.15, 0.2) is 17.3 Å². The second-order valence-corrected chi connectivity index (χ2v) is 5.13. The van der Waals surface area contributed by atoms with Crippen molar-refractivity contribution in [2.24, 2.45) is 0 Å². The van der Waals surface area contributed by atoms with Crippen LogP contribution in [0.5, 0.6) is 23.0 Å². The molecule has 3 rings (SSSR count). The predicted molar refractivity (Wildman–Crippen MR) is 84.8 cm³/mol. The van der Waals surface area contributed by atoms with Crippen LogP contribution in [-0.4, -0.2) is 26.6 Å². The van der Waals surface area contributed by atoms with Gasteiger partial charge in [-0.15, -0.1) is 0 Å². The molecular formula is C18H18O5. The molecule has 0 saturated heterocycles. The van der Waals surface area contributed by atoms with Gasteiger partial charge in [-0.2, -0.15) is 0 Å². The van der Waals surface area contributed by atoms with Crippen LogP contribution in [0.3, 0.4) is 0 Å². The van der Waals surface area contributed by atoms with Crippen molar-refractivity contribution in [3.05, 3.63) is 47.5 Å². The Morgan fingerprint density at radius 2 is 1.83 bits per heavy atom. The zero-order valence-electron chi connectivity index (χ0n) is 13.1. The Bertz CT molecular complexity index is 706. The highest BCUT2D eigenvalue weighted by molar-refractivity contribution is 6.00. The van der Waals surface area contributed by atoms with Crippen molar-refractivity contribution in [2.45, 2.75) is 13.0 Å². The van der Waals surface area contributed by atoms with E-state index < -0.39 is 0 Å². The van der Waals surface area contributed by atoms with Gasteiger partial charge in [-0.3, -0.25) is 4.79 Å². The molecule has 2 aromatic rings. The van der Waals surface area contributed by atoms with Gasteiger partial charge < -0.3 is 18.9 Å². The van der Waals surface area contributed by atoms with E-state index in [-0.39, 0.29) is 5.78 Å². The quantitative estimate of drug-likeness (QED) is 0.848. The maximum Gasteiger partial charge on any atom is 0.204 e. The average Bonchev–Trinajstić information content (AvgIpc) is 2.60. The lowest BCUT2D eigenvalue weighted by molar-refractivity contribution is 0.0929. The van der Waals surface area contributed by atoms with Crippen LogP contribution >= 0.6 is 0 Å². The second kappa shape index (κ2) is 6.60. The van der Waals surface area contributed by atoms with E-state index in [1.807, 2.05) is 24.3 Å². The molecule has 0 aromatic heterocycles. The molecule has 0 bridgehead atoms. The Morgan fingerprint density at radius 3 is 2.52 bits per heavy atom. The van der Waals surface area contributed by atoms with Gasteiger partial charge in [0, 0.05) is 6.42 Å². The van der Waals surface area contributed by atoms with Crippen molar-refractivity contribution < 1.29 is 23.7 Å². The highest BCUT2D eigenvalue weighted by Crippen LogP contribution is 2.42. The summed E-state index contributed by atoms with van der Waals surface area (Å²) < 4.78 is 22.0. The normalized spacial score (nSPS) is 13.0. The third-order valence-electron chi connectivity index (χ3n) is 3.71. The maximum atomic E-state index is 11.9. The molecule has 0 N–H and O–H groups in total. The number of ketones is 1. The van der Waals surface area contributed by atoms with E-state index in [4.69, 9.17) is 18.9 Å². The molecule has 5 heteroatoms. The molecule has 0 fully saturated rings. The minimum atomic E-state index is 0.0613. The molecule has 0 saturated carbocycles. The summed E-state index contributed by atoms with van der Waals surface area (Å²) in [6.45, 7) is 0.747. The number of ether oxygens (including phenoxy) is 4. The monoisotopic (exact) mass is 314 g/mol. The van der Waals surface area contributed by atoms with Gasteiger partial charge in [0.25, 0.3) is 0 Å². The molecule has 0 amide bonds. The van der Waals surface area contributed by atoms with Crippen LogP contribution in [0.2, 0.25) is 0 Å². The molecule has 5 nitrogen and oxygen atoms in total. The summed E-state index contributed by atoms with van der Waals surface area (Å²) in [6, 6.07) is 11.1. The molecule has 1 aliphatic rings. The zero-order valence-corrected chi connectivity index (χ0v) is 13.1. The first kappa shape index (κ1) is 15.2. The number of hydrogen-bond acceptors (Lipinski definition) is 5. The molecule has 0 atom stereocenters. The van der Waals surface area contributed by atoms with Gasteiger partial charge in [-0.05, 0) is 29.8 Å². The number of fused-ring (bicyclic) bond motifs is 1. The van der Waals surface area contributed by atoms with E-state index in [9.17, 15) is 4.79 Å². The predicted octanol–water partition coefficient (Wildman–Crippen LogP) is 3.25. The number of methoxy groups -OCH3 is 2. The van der Waals surface area contributed by atoms with Gasteiger partial charge in [0.05, 0.1) is 26.4 Å². The van der Waals surface area contributed by atoms with E-state index in [0.717, 1.165) is 11.3 Å². The topological polar surface area (TPSA) is 54.0 Å². The fraction of sp³-hybridized carbons (Fsp3) is 0.278. The van der Waals surface area contributed by atoms with Gasteiger partial charge in [0.1, 0.15) is 12.4 Å². The lowest BCUT2D eigenvalue weighted by atomic mass is 10.0. The SMILES string of the molecule is COc1ccc(COc2ccc3c(c2OC)OCCC3=O)cc1. The molecule has 0 spiro atoms. The number of carbonyl (C=O) groups is 1. The highest BCUT2D eigenvalue weighted by Gasteiger charge is 2.25. The molecule has 0 radical (unpaired) electrons. The van der Waals surface area contributed by atoms with Crippen LogP contribution in [0.25, 0.3) is 0 Å². The zero-order chi connectivity index (χ0) is 16.2. The van der Waals surface area contributed by atoms with E-state index >= 15 is 0 Å². The van der Waals surface area contributed by atoms with Crippen molar-refractivity contribution >= 4 is 5.78 Å². The lowest BCUT2D eigenvalue weighted by Crippen LogP contribution is -2.16. The first-order chi connectivity index (χ1) is 11.2. The molecule has 1 heterocycles. The number of rotatable bonds is 5. The molecule has 120 valence electrons. The van der Waals surface area contributed by atoms with Crippen LogP contribution in [-0.2, 0) is 6.61 Å². The fourth-order valence-electron chi connectivity index (χ4n) is 2.48. The van der Waals surface area contributed by atoms with Crippen molar-refractivity contribution in [1.82, 2.24) is 0 Å². The highest BCUT2D eigenvalue weighted by atomic mass is 16.5. The maximum absolute atomic E-state index is 11.9. The summed E-state index contributed by atoms with van der Waals surface area (Å²) in [5.41, 5.74) is 1.55. The molecule has 1 aliphatic heterocycles. The van der Waals surface area contributed by atoms with Crippen LogP contribution in [0, 0.1) is 0 Å². The largest absolute Gasteiger partial charge is 0.497 e. The Balaban J connectivity index is 1.81. The molecular weight excluding hydrogens is 296 g/mol. The Kier molecular flexibility index (Phi) is 4.37. The van der Waals surface area contributed by atoms with Gasteiger partial charge in [-0.1, -0.05) is 12.1 Å². The van der Waals surface area contributed by atoms with Crippen molar-refractivity contribution in [3.8, 4) is 23.0 Å². The summed E-state index contributed by atoms with van der Waals surface area (Å²) in [4.78, 5) is 11.9. The van der Waals surface area contributed by atoms with E-state index in [0.29, 0.717) is 42.4 Å². The first-order valence-corrected chi connectivity index (χ1v) is 7.35. The van der Waals surface area contributed by atoms with Crippen molar-refractivity contribution in [1.29, 1.82) is 0 Å². The summed E-state index contributed by atoms with van der Waals surface area (Å²) in [7, 11) is 3.17. The number of benzene rings is 2. The van der Waals surface area contributed by atoms with E-state index in [2.05, 4.69) is 0 Å². The summed E-state index contributed by atoms with van der Waals surface area (Å²) in [6.07, 6.45) is 0.391. The van der Waals surface area contributed by atoms with Crippen LogP contribution < -0.4 is 18.9 Å². The van der Waals surface area contributed by atoms with Gasteiger partial charge >= 0.3 is 0 Å². The first-order valence-electron chi connectivity index (χ1n) is 7.35. The Morgan fingerprint density at radius 1 is 1.04 bits per heavy atom. The minimum absolute atomic E-state index is 0.0613. The summed E-state index contributed by atoms with van der Waals surface area (Å²) in [5, 5.41) is 0. The third kappa shape index (κ3) is 3.08. The van der Waals surface area contributed by atoms with E-state index in [1.54, 1.807) is 19.2 Å². The summed E-state index contributed by atoms with van der Waals surface area (Å²) in [5.74, 6) is 2.34. The average molecular weight is 314 g/mol. The van der Waals surface area contributed by atoms with Gasteiger partial charge in [-0.25, -0.2) is 0 Å². The third-order valence-corrected chi connectivity index (χ3v) is 3.71. The number of carbonyl (C=O) groups excluding carboxylic acids is 1. The van der Waals surface area contributed by atoms with Crippen LogP contribution in [0.1, 0.15) is 22.3 Å². The summed E-state index contributed by atoms with van der Waals surface area (Å²) >= 11 is 0. The Labute approximate surface area is 134 Å². The van der Waals surface area contributed by atoms with Crippen LogP contribution in [0.4, 0.5) is 0 Å². The second-order valence-electron chi connectivity index (χ2n) is 5.13. The van der Waals surface area contributed by atoms with E-state index in [1.165, 1.54) is 7.11 Å². The number of hydrogen-bond donors (Lipinski definition) is 0. The smallest absolute Gasteiger partial charge is 0.204 e. The van der Waals surface area contributed by atoms with Gasteiger partial charge in [0.2, 0.25) is 5.75 Å². The minimum Gasteiger partial charge on any atom is -0.497 e. The number of Topliss-reactive ketones (excluding diaryl/α,β-unsaturated/α-hetero) is 1. The Hall–Kier alpha value is -2.69. The van der Waals surface area contributed by atoms with Crippen molar-refractivity contribution in [2.75, 3.05) is 20.8 Å². The molecule has 2 aromatic carbocycles.